The van der Waals surface area contributed by atoms with Crippen LogP contribution >= 0.6 is 0 Å². The monoisotopic (exact) mass is 364 g/mol. The highest BCUT2D eigenvalue weighted by molar-refractivity contribution is 7.92. The van der Waals surface area contributed by atoms with E-state index in [2.05, 4.69) is 5.32 Å². The van der Waals surface area contributed by atoms with Crippen LogP contribution in [0.15, 0.2) is 48.5 Å². The standard InChI is InChI=1S/C18H21FN2O3S/c1-14-5-3-4-6-15(14)13-18(22)20-11-12-21(25(2,23)24)17-9-7-16(19)8-10-17/h3-10H,11-13H2,1-2H3,(H,20,22). The first-order valence-electron chi connectivity index (χ1n) is 7.82. The Labute approximate surface area is 147 Å². The largest absolute Gasteiger partial charge is 0.354 e. The van der Waals surface area contributed by atoms with Gasteiger partial charge in [-0.15, -0.1) is 0 Å². The lowest BCUT2D eigenvalue weighted by Crippen LogP contribution is -2.38. The average molecular weight is 364 g/mol. The van der Waals surface area contributed by atoms with Crippen molar-refractivity contribution in [1.29, 1.82) is 0 Å². The molecule has 0 spiro atoms. The van der Waals surface area contributed by atoms with Crippen LogP contribution in [0.1, 0.15) is 11.1 Å². The number of sulfonamides is 1. The van der Waals surface area contributed by atoms with E-state index in [9.17, 15) is 17.6 Å². The Kier molecular flexibility index (Phi) is 6.14. The maximum absolute atomic E-state index is 13.0. The first-order chi connectivity index (χ1) is 11.8. The summed E-state index contributed by atoms with van der Waals surface area (Å²) >= 11 is 0. The van der Waals surface area contributed by atoms with Crippen LogP contribution in [0, 0.1) is 12.7 Å². The van der Waals surface area contributed by atoms with E-state index >= 15 is 0 Å². The van der Waals surface area contributed by atoms with Crippen molar-refractivity contribution in [2.75, 3.05) is 23.7 Å². The summed E-state index contributed by atoms with van der Waals surface area (Å²) in [6.45, 7) is 2.17. The highest BCUT2D eigenvalue weighted by Gasteiger charge is 2.17. The number of aryl methyl sites for hydroxylation is 1. The molecule has 0 atom stereocenters. The van der Waals surface area contributed by atoms with Crippen molar-refractivity contribution in [1.82, 2.24) is 5.32 Å². The van der Waals surface area contributed by atoms with Crippen LogP contribution in [0.4, 0.5) is 10.1 Å². The predicted molar refractivity (Wildman–Crippen MR) is 96.5 cm³/mol. The van der Waals surface area contributed by atoms with Gasteiger partial charge in [-0.25, -0.2) is 12.8 Å². The molecule has 25 heavy (non-hydrogen) atoms. The molecule has 0 aliphatic heterocycles. The number of hydrogen-bond donors (Lipinski definition) is 1. The molecule has 7 heteroatoms. The fourth-order valence-electron chi connectivity index (χ4n) is 2.43. The summed E-state index contributed by atoms with van der Waals surface area (Å²) in [5.74, 6) is -0.620. The van der Waals surface area contributed by atoms with Crippen LogP contribution in [-0.2, 0) is 21.2 Å². The Morgan fingerprint density at radius 2 is 1.76 bits per heavy atom. The second-order valence-electron chi connectivity index (χ2n) is 5.76. The maximum atomic E-state index is 13.0. The molecule has 0 saturated heterocycles. The number of anilines is 1. The third-order valence-corrected chi connectivity index (χ3v) is 4.96. The molecule has 0 bridgehead atoms. The van der Waals surface area contributed by atoms with Gasteiger partial charge in [-0.2, -0.15) is 0 Å². The van der Waals surface area contributed by atoms with E-state index in [-0.39, 0.29) is 25.4 Å². The highest BCUT2D eigenvalue weighted by atomic mass is 32.2. The van der Waals surface area contributed by atoms with Crippen LogP contribution in [-0.4, -0.2) is 33.7 Å². The summed E-state index contributed by atoms with van der Waals surface area (Å²) in [5, 5.41) is 2.72. The molecule has 0 aliphatic carbocycles. The summed E-state index contributed by atoms with van der Waals surface area (Å²) < 4.78 is 38.1. The van der Waals surface area contributed by atoms with E-state index < -0.39 is 15.8 Å². The third-order valence-electron chi connectivity index (χ3n) is 3.76. The van der Waals surface area contributed by atoms with Gasteiger partial charge in [-0.1, -0.05) is 24.3 Å². The zero-order valence-corrected chi connectivity index (χ0v) is 15.0. The minimum absolute atomic E-state index is 0.0734. The molecule has 0 unspecified atom stereocenters. The highest BCUT2D eigenvalue weighted by Crippen LogP contribution is 2.17. The number of nitrogens with one attached hydrogen (secondary N) is 1. The van der Waals surface area contributed by atoms with Gasteiger partial charge in [0.15, 0.2) is 0 Å². The second kappa shape index (κ2) is 8.11. The van der Waals surface area contributed by atoms with Gasteiger partial charge in [0, 0.05) is 6.54 Å². The molecule has 5 nitrogen and oxygen atoms in total. The number of amides is 1. The molecule has 0 heterocycles. The van der Waals surface area contributed by atoms with Gasteiger partial charge in [0.2, 0.25) is 15.9 Å². The molecule has 0 aromatic heterocycles. The summed E-state index contributed by atoms with van der Waals surface area (Å²) in [7, 11) is -3.53. The molecule has 2 rings (SSSR count). The van der Waals surface area contributed by atoms with Gasteiger partial charge in [0.25, 0.3) is 0 Å². The lowest BCUT2D eigenvalue weighted by atomic mass is 10.1. The van der Waals surface area contributed by atoms with Crippen molar-refractivity contribution >= 4 is 21.6 Å². The van der Waals surface area contributed by atoms with Crippen LogP contribution in [0.3, 0.4) is 0 Å². The SMILES string of the molecule is Cc1ccccc1CC(=O)NCCN(c1ccc(F)cc1)S(C)(=O)=O. The average Bonchev–Trinajstić information content (AvgIpc) is 2.54. The minimum atomic E-state index is -3.53. The van der Waals surface area contributed by atoms with Crippen molar-refractivity contribution in [3.8, 4) is 0 Å². The van der Waals surface area contributed by atoms with E-state index in [4.69, 9.17) is 0 Å². The number of carbonyl (C=O) groups is 1. The molecule has 0 saturated carbocycles. The van der Waals surface area contributed by atoms with E-state index in [1.807, 2.05) is 31.2 Å². The van der Waals surface area contributed by atoms with Gasteiger partial charge < -0.3 is 5.32 Å². The molecular formula is C18H21FN2O3S. The summed E-state index contributed by atoms with van der Waals surface area (Å²) in [6, 6.07) is 12.8. The second-order valence-corrected chi connectivity index (χ2v) is 7.67. The summed E-state index contributed by atoms with van der Waals surface area (Å²) in [4.78, 5) is 12.0. The maximum Gasteiger partial charge on any atom is 0.232 e. The molecule has 1 N–H and O–H groups in total. The minimum Gasteiger partial charge on any atom is -0.354 e. The first-order valence-corrected chi connectivity index (χ1v) is 9.66. The molecule has 0 aliphatic rings. The summed E-state index contributed by atoms with van der Waals surface area (Å²) in [6.07, 6.45) is 1.31. The van der Waals surface area contributed by atoms with Gasteiger partial charge in [-0.3, -0.25) is 9.10 Å². The smallest absolute Gasteiger partial charge is 0.232 e. The zero-order chi connectivity index (χ0) is 18.4. The molecule has 134 valence electrons. The number of carbonyl (C=O) groups excluding carboxylic acids is 1. The van der Waals surface area contributed by atoms with Crippen molar-refractivity contribution < 1.29 is 17.6 Å². The Bertz CT molecular complexity index is 836. The fourth-order valence-corrected chi connectivity index (χ4v) is 3.36. The molecule has 2 aromatic carbocycles. The van der Waals surface area contributed by atoms with Crippen LogP contribution in [0.5, 0.6) is 0 Å². The van der Waals surface area contributed by atoms with Crippen LogP contribution in [0.25, 0.3) is 0 Å². The lowest BCUT2D eigenvalue weighted by Gasteiger charge is -2.22. The Hall–Kier alpha value is -2.41. The van der Waals surface area contributed by atoms with Crippen molar-refractivity contribution in [3.05, 3.63) is 65.5 Å². The lowest BCUT2D eigenvalue weighted by molar-refractivity contribution is -0.120. The summed E-state index contributed by atoms with van der Waals surface area (Å²) in [5.41, 5.74) is 2.32. The quantitative estimate of drug-likeness (QED) is 0.819. The number of hydrogen-bond acceptors (Lipinski definition) is 3. The van der Waals surface area contributed by atoms with E-state index in [0.29, 0.717) is 5.69 Å². The molecular weight excluding hydrogens is 343 g/mol. The van der Waals surface area contributed by atoms with E-state index in [0.717, 1.165) is 21.7 Å². The van der Waals surface area contributed by atoms with Gasteiger partial charge in [0.1, 0.15) is 5.82 Å². The van der Waals surface area contributed by atoms with E-state index in [1.165, 1.54) is 24.3 Å². The molecule has 0 fully saturated rings. The number of rotatable bonds is 7. The van der Waals surface area contributed by atoms with Crippen molar-refractivity contribution in [2.24, 2.45) is 0 Å². The van der Waals surface area contributed by atoms with Crippen molar-refractivity contribution in [2.45, 2.75) is 13.3 Å². The topological polar surface area (TPSA) is 66.5 Å². The third kappa shape index (κ3) is 5.56. The van der Waals surface area contributed by atoms with Crippen LogP contribution < -0.4 is 9.62 Å². The predicted octanol–water partition coefficient (Wildman–Crippen LogP) is 2.26. The normalized spacial score (nSPS) is 11.2. The number of nitrogens with zero attached hydrogens (tertiary/aromatic N) is 1. The number of halogens is 1. The van der Waals surface area contributed by atoms with Crippen LogP contribution in [0.2, 0.25) is 0 Å². The Morgan fingerprint density at radius 3 is 2.36 bits per heavy atom. The fraction of sp³-hybridized carbons (Fsp3) is 0.278. The number of benzene rings is 2. The molecule has 2 aromatic rings. The zero-order valence-electron chi connectivity index (χ0n) is 14.2. The van der Waals surface area contributed by atoms with Crippen molar-refractivity contribution in [3.63, 3.8) is 0 Å². The van der Waals surface area contributed by atoms with Gasteiger partial charge in [0.05, 0.1) is 24.9 Å². The molecule has 0 radical (unpaired) electrons. The van der Waals surface area contributed by atoms with Gasteiger partial charge in [-0.05, 0) is 42.3 Å². The Morgan fingerprint density at radius 1 is 1.12 bits per heavy atom. The Balaban J connectivity index is 1.96. The molecule has 1 amide bonds. The van der Waals surface area contributed by atoms with E-state index in [1.54, 1.807) is 0 Å². The van der Waals surface area contributed by atoms with Gasteiger partial charge >= 0.3 is 0 Å². The first kappa shape index (κ1) is 18.9.